The number of carbonyl (C=O) groups is 1. The van der Waals surface area contributed by atoms with Crippen molar-refractivity contribution < 1.29 is 14.1 Å². The Kier molecular flexibility index (Phi) is 4.60. The Morgan fingerprint density at radius 1 is 0.938 bits per heavy atom. The summed E-state index contributed by atoms with van der Waals surface area (Å²) in [6.45, 7) is 1.88. The molecule has 5 heteroatoms. The summed E-state index contributed by atoms with van der Waals surface area (Å²) < 4.78 is 11.5. The van der Waals surface area contributed by atoms with Gasteiger partial charge in [0, 0.05) is 5.54 Å². The molecule has 1 amide bonds. The lowest BCUT2D eigenvalue weighted by atomic mass is 9.53. The first-order valence-electron chi connectivity index (χ1n) is 11.7. The average molecular weight is 429 g/mol. The van der Waals surface area contributed by atoms with Crippen LogP contribution >= 0.6 is 0 Å². The lowest BCUT2D eigenvalue weighted by Crippen LogP contribution is -2.59. The molecule has 4 fully saturated rings. The van der Waals surface area contributed by atoms with Crippen LogP contribution in [0.3, 0.4) is 0 Å². The Hall–Kier alpha value is -3.08. The van der Waals surface area contributed by atoms with Gasteiger partial charge in [0.25, 0.3) is 5.91 Å². The van der Waals surface area contributed by atoms with Gasteiger partial charge >= 0.3 is 0 Å². The van der Waals surface area contributed by atoms with Crippen LogP contribution in [0.5, 0.6) is 11.5 Å². The lowest BCUT2D eigenvalue weighted by Gasteiger charge is -2.56. The van der Waals surface area contributed by atoms with Gasteiger partial charge in [-0.25, -0.2) is 0 Å². The molecule has 0 unspecified atom stereocenters. The number of para-hydroxylation sites is 1. The Labute approximate surface area is 188 Å². The maximum absolute atomic E-state index is 13.4. The molecule has 4 aliphatic rings. The summed E-state index contributed by atoms with van der Waals surface area (Å²) in [7, 11) is 0. The van der Waals surface area contributed by atoms with E-state index in [-0.39, 0.29) is 11.4 Å². The quantitative estimate of drug-likeness (QED) is 0.530. The molecule has 4 saturated carbocycles. The molecule has 1 heterocycles. The van der Waals surface area contributed by atoms with Gasteiger partial charge in [-0.05, 0) is 93.0 Å². The fourth-order valence-electron chi connectivity index (χ4n) is 6.74. The van der Waals surface area contributed by atoms with Crippen LogP contribution in [-0.2, 0) is 0 Å². The number of aryl methyl sites for hydroxylation is 1. The first-order valence-corrected chi connectivity index (χ1v) is 11.7. The first-order chi connectivity index (χ1) is 15.6. The Balaban J connectivity index is 1.23. The average Bonchev–Trinajstić information content (AvgIpc) is 3.15. The van der Waals surface area contributed by atoms with Crippen molar-refractivity contribution in [1.82, 2.24) is 10.5 Å². The predicted octanol–water partition coefficient (Wildman–Crippen LogP) is 6.14. The molecule has 32 heavy (non-hydrogen) atoms. The molecule has 5 nitrogen and oxygen atoms in total. The number of benzene rings is 2. The van der Waals surface area contributed by atoms with E-state index in [1.165, 1.54) is 19.3 Å². The highest BCUT2D eigenvalue weighted by molar-refractivity contribution is 5.99. The standard InChI is InChI=1S/C27H28N2O3/c1-17-24(21-7-9-23(10-8-21)31-22-5-3-2-4-6-22)25(32-29-17)26(30)28-27-14-18-11-19(15-27)13-20(12-18)16-27/h2-10,18-20H,11-16H2,1H3,(H,28,30). The topological polar surface area (TPSA) is 64.4 Å². The molecule has 3 aromatic rings. The van der Waals surface area contributed by atoms with Crippen LogP contribution in [0.2, 0.25) is 0 Å². The number of carbonyl (C=O) groups excluding carboxylic acids is 1. The fraction of sp³-hybridized carbons (Fsp3) is 0.407. The molecule has 0 radical (unpaired) electrons. The molecule has 4 aliphatic carbocycles. The van der Waals surface area contributed by atoms with Gasteiger partial charge in [0.05, 0.1) is 11.3 Å². The maximum Gasteiger partial charge on any atom is 0.290 e. The van der Waals surface area contributed by atoms with Gasteiger partial charge in [0.2, 0.25) is 5.76 Å². The molecule has 0 spiro atoms. The minimum absolute atomic E-state index is 0.0584. The van der Waals surface area contributed by atoms with E-state index in [1.807, 2.05) is 61.5 Å². The Morgan fingerprint density at radius 3 is 2.16 bits per heavy atom. The first kappa shape index (κ1) is 19.6. The van der Waals surface area contributed by atoms with E-state index in [1.54, 1.807) is 0 Å². The summed E-state index contributed by atoms with van der Waals surface area (Å²) in [6, 6.07) is 17.4. The number of nitrogens with zero attached hydrogens (tertiary/aromatic N) is 1. The van der Waals surface area contributed by atoms with E-state index in [9.17, 15) is 4.79 Å². The molecule has 1 N–H and O–H groups in total. The van der Waals surface area contributed by atoms with Crippen molar-refractivity contribution in [1.29, 1.82) is 0 Å². The zero-order valence-electron chi connectivity index (χ0n) is 18.3. The lowest BCUT2D eigenvalue weighted by molar-refractivity contribution is -0.0172. The van der Waals surface area contributed by atoms with Crippen LogP contribution in [0, 0.1) is 24.7 Å². The largest absolute Gasteiger partial charge is 0.457 e. The SMILES string of the molecule is Cc1noc(C(=O)NC23CC4CC(CC(C4)C2)C3)c1-c1ccc(Oc2ccccc2)cc1. The third kappa shape index (κ3) is 3.50. The Morgan fingerprint density at radius 2 is 1.53 bits per heavy atom. The monoisotopic (exact) mass is 428 g/mol. The van der Waals surface area contributed by atoms with Crippen molar-refractivity contribution in [3.63, 3.8) is 0 Å². The van der Waals surface area contributed by atoms with Crippen molar-refractivity contribution in [3.05, 3.63) is 66.1 Å². The van der Waals surface area contributed by atoms with Crippen molar-refractivity contribution in [3.8, 4) is 22.6 Å². The molecule has 164 valence electrons. The number of hydrogen-bond acceptors (Lipinski definition) is 4. The van der Waals surface area contributed by atoms with Crippen LogP contribution in [0.15, 0.2) is 59.1 Å². The molecule has 0 aliphatic heterocycles. The third-order valence-corrected chi connectivity index (χ3v) is 7.61. The van der Waals surface area contributed by atoms with Gasteiger partial charge < -0.3 is 14.6 Å². The van der Waals surface area contributed by atoms with Gasteiger partial charge in [0.1, 0.15) is 11.5 Å². The van der Waals surface area contributed by atoms with Gasteiger partial charge in [-0.3, -0.25) is 4.79 Å². The van der Waals surface area contributed by atoms with E-state index < -0.39 is 0 Å². The maximum atomic E-state index is 13.4. The van der Waals surface area contributed by atoms with E-state index in [2.05, 4.69) is 10.5 Å². The van der Waals surface area contributed by atoms with Crippen LogP contribution < -0.4 is 10.1 Å². The number of hydrogen-bond donors (Lipinski definition) is 1. The summed E-state index contributed by atoms with van der Waals surface area (Å²) in [4.78, 5) is 13.4. The summed E-state index contributed by atoms with van der Waals surface area (Å²) in [5.74, 6) is 4.03. The molecule has 2 aromatic carbocycles. The molecule has 0 saturated heterocycles. The van der Waals surface area contributed by atoms with Crippen LogP contribution in [0.1, 0.15) is 54.8 Å². The molecule has 1 aromatic heterocycles. The van der Waals surface area contributed by atoms with Crippen molar-refractivity contribution in [2.75, 3.05) is 0 Å². The van der Waals surface area contributed by atoms with Gasteiger partial charge in [-0.1, -0.05) is 35.5 Å². The minimum atomic E-state index is -0.132. The number of aromatic nitrogens is 1. The highest BCUT2D eigenvalue weighted by Gasteiger charge is 2.51. The summed E-state index contributed by atoms with van der Waals surface area (Å²) in [6.07, 6.45) is 7.37. The summed E-state index contributed by atoms with van der Waals surface area (Å²) in [5.41, 5.74) is 2.33. The highest BCUT2D eigenvalue weighted by atomic mass is 16.5. The molecule has 4 bridgehead atoms. The van der Waals surface area contributed by atoms with Crippen LogP contribution in [-0.4, -0.2) is 16.6 Å². The van der Waals surface area contributed by atoms with Crippen LogP contribution in [0.4, 0.5) is 0 Å². The second-order valence-corrected chi connectivity index (χ2v) is 10.1. The smallest absolute Gasteiger partial charge is 0.290 e. The van der Waals surface area contributed by atoms with E-state index in [4.69, 9.17) is 9.26 Å². The molecular formula is C27H28N2O3. The second-order valence-electron chi connectivity index (χ2n) is 10.1. The third-order valence-electron chi connectivity index (χ3n) is 7.61. The summed E-state index contributed by atoms with van der Waals surface area (Å²) in [5, 5.41) is 7.54. The number of rotatable bonds is 5. The highest BCUT2D eigenvalue weighted by Crippen LogP contribution is 2.55. The van der Waals surface area contributed by atoms with Crippen molar-refractivity contribution >= 4 is 5.91 Å². The zero-order valence-corrected chi connectivity index (χ0v) is 18.3. The Bertz CT molecular complexity index is 1100. The minimum Gasteiger partial charge on any atom is -0.457 e. The predicted molar refractivity (Wildman–Crippen MR) is 122 cm³/mol. The molecular weight excluding hydrogens is 400 g/mol. The van der Waals surface area contributed by atoms with Crippen LogP contribution in [0.25, 0.3) is 11.1 Å². The van der Waals surface area contributed by atoms with E-state index in [0.717, 1.165) is 65.3 Å². The summed E-state index contributed by atoms with van der Waals surface area (Å²) >= 11 is 0. The zero-order chi connectivity index (χ0) is 21.7. The van der Waals surface area contributed by atoms with E-state index in [0.29, 0.717) is 5.76 Å². The number of amides is 1. The second kappa shape index (κ2) is 7.51. The number of ether oxygens (including phenoxy) is 1. The fourth-order valence-corrected chi connectivity index (χ4v) is 6.74. The number of nitrogens with one attached hydrogen (secondary N) is 1. The van der Waals surface area contributed by atoms with Crippen molar-refractivity contribution in [2.24, 2.45) is 17.8 Å². The van der Waals surface area contributed by atoms with E-state index >= 15 is 0 Å². The van der Waals surface area contributed by atoms with Gasteiger partial charge in [-0.2, -0.15) is 0 Å². The van der Waals surface area contributed by atoms with Gasteiger partial charge in [-0.15, -0.1) is 0 Å². The molecule has 7 rings (SSSR count). The molecule has 0 atom stereocenters. The normalized spacial score (nSPS) is 28.0. The van der Waals surface area contributed by atoms with Gasteiger partial charge in [0.15, 0.2) is 0 Å². The van der Waals surface area contributed by atoms with Crippen molar-refractivity contribution in [2.45, 2.75) is 51.0 Å².